The van der Waals surface area contributed by atoms with Crippen molar-refractivity contribution in [1.82, 2.24) is 24.6 Å². The summed E-state index contributed by atoms with van der Waals surface area (Å²) in [4.78, 5) is 25.1. The van der Waals surface area contributed by atoms with Crippen molar-refractivity contribution < 1.29 is 14.3 Å². The van der Waals surface area contributed by atoms with Crippen LogP contribution in [0.2, 0.25) is 0 Å². The van der Waals surface area contributed by atoms with Crippen molar-refractivity contribution in [1.29, 1.82) is 0 Å². The van der Waals surface area contributed by atoms with E-state index >= 15 is 0 Å². The number of nitrogens with zero attached hydrogens (tertiary/aromatic N) is 6. The quantitative estimate of drug-likeness (QED) is 0.785. The lowest BCUT2D eigenvalue weighted by Gasteiger charge is -2.33. The third-order valence-electron chi connectivity index (χ3n) is 4.23. The summed E-state index contributed by atoms with van der Waals surface area (Å²) >= 11 is 0. The van der Waals surface area contributed by atoms with Gasteiger partial charge in [-0.05, 0) is 12.8 Å². The van der Waals surface area contributed by atoms with E-state index in [2.05, 4.69) is 15.1 Å². The first kappa shape index (κ1) is 18.0. The van der Waals surface area contributed by atoms with E-state index in [4.69, 9.17) is 9.47 Å². The minimum absolute atomic E-state index is 0.102. The SMILES string of the molecule is COc1nn(C)cc1C(=O)N1CCC[C@@H](Oc2nccnc2N(C)C)C1. The summed E-state index contributed by atoms with van der Waals surface area (Å²) in [6.45, 7) is 1.16. The summed E-state index contributed by atoms with van der Waals surface area (Å²) in [6.07, 6.45) is 6.50. The van der Waals surface area contributed by atoms with Crippen LogP contribution in [0.5, 0.6) is 11.8 Å². The minimum atomic E-state index is -0.134. The monoisotopic (exact) mass is 360 g/mol. The Morgan fingerprint density at radius 1 is 1.27 bits per heavy atom. The van der Waals surface area contributed by atoms with Crippen LogP contribution in [0.3, 0.4) is 0 Å². The number of hydrogen-bond donors (Lipinski definition) is 0. The van der Waals surface area contributed by atoms with Gasteiger partial charge in [0.2, 0.25) is 5.88 Å². The van der Waals surface area contributed by atoms with Crippen LogP contribution < -0.4 is 14.4 Å². The Morgan fingerprint density at radius 2 is 2.04 bits per heavy atom. The summed E-state index contributed by atoms with van der Waals surface area (Å²) < 4.78 is 12.8. The van der Waals surface area contributed by atoms with Gasteiger partial charge in [-0.2, -0.15) is 0 Å². The van der Waals surface area contributed by atoms with E-state index in [1.54, 1.807) is 35.2 Å². The molecule has 1 amide bonds. The normalized spacial score (nSPS) is 17.1. The molecule has 1 aliphatic rings. The van der Waals surface area contributed by atoms with Gasteiger partial charge in [0.15, 0.2) is 5.82 Å². The molecule has 1 atom stereocenters. The van der Waals surface area contributed by atoms with Crippen LogP contribution >= 0.6 is 0 Å². The second kappa shape index (κ2) is 7.59. The average Bonchev–Trinajstić information content (AvgIpc) is 3.02. The van der Waals surface area contributed by atoms with Crippen molar-refractivity contribution in [3.63, 3.8) is 0 Å². The Kier molecular flexibility index (Phi) is 5.24. The highest BCUT2D eigenvalue weighted by molar-refractivity contribution is 5.96. The fourth-order valence-electron chi connectivity index (χ4n) is 3.02. The van der Waals surface area contributed by atoms with Crippen LogP contribution in [0.4, 0.5) is 5.82 Å². The molecule has 3 heterocycles. The van der Waals surface area contributed by atoms with Crippen LogP contribution in [-0.4, -0.2) is 71.0 Å². The van der Waals surface area contributed by atoms with Gasteiger partial charge in [-0.25, -0.2) is 9.97 Å². The minimum Gasteiger partial charge on any atom is -0.479 e. The van der Waals surface area contributed by atoms with E-state index in [0.29, 0.717) is 36.2 Å². The third kappa shape index (κ3) is 3.71. The number of likely N-dealkylation sites (tertiary alicyclic amines) is 1. The van der Waals surface area contributed by atoms with Gasteiger partial charge in [0.05, 0.1) is 13.7 Å². The molecule has 1 saturated heterocycles. The molecule has 0 unspecified atom stereocenters. The molecule has 2 aromatic heterocycles. The van der Waals surface area contributed by atoms with Crippen molar-refractivity contribution in [3.8, 4) is 11.8 Å². The maximum Gasteiger partial charge on any atom is 0.261 e. The van der Waals surface area contributed by atoms with E-state index in [-0.39, 0.29) is 12.0 Å². The predicted molar refractivity (Wildman–Crippen MR) is 95.7 cm³/mol. The molecule has 0 bridgehead atoms. The van der Waals surface area contributed by atoms with Gasteiger partial charge in [0.25, 0.3) is 11.8 Å². The van der Waals surface area contributed by atoms with Crippen molar-refractivity contribution in [3.05, 3.63) is 24.2 Å². The zero-order valence-corrected chi connectivity index (χ0v) is 15.5. The number of aromatic nitrogens is 4. The van der Waals surface area contributed by atoms with Crippen LogP contribution in [0.1, 0.15) is 23.2 Å². The molecular weight excluding hydrogens is 336 g/mol. The second-order valence-electron chi connectivity index (χ2n) is 6.44. The van der Waals surface area contributed by atoms with E-state index in [1.165, 1.54) is 7.11 Å². The zero-order chi connectivity index (χ0) is 18.7. The van der Waals surface area contributed by atoms with Gasteiger partial charge in [0, 0.05) is 46.3 Å². The summed E-state index contributed by atoms with van der Waals surface area (Å²) in [5, 5.41) is 4.15. The van der Waals surface area contributed by atoms with Crippen molar-refractivity contribution in [2.75, 3.05) is 39.2 Å². The van der Waals surface area contributed by atoms with Crippen molar-refractivity contribution >= 4 is 11.7 Å². The molecule has 26 heavy (non-hydrogen) atoms. The molecule has 3 rings (SSSR count). The molecule has 0 spiro atoms. The number of carbonyl (C=O) groups excluding carboxylic acids is 1. The molecule has 0 saturated carbocycles. The number of carbonyl (C=O) groups is 1. The highest BCUT2D eigenvalue weighted by Crippen LogP contribution is 2.25. The molecule has 0 aliphatic carbocycles. The highest BCUT2D eigenvalue weighted by atomic mass is 16.5. The van der Waals surface area contributed by atoms with Crippen LogP contribution in [0.25, 0.3) is 0 Å². The molecular formula is C17H24N6O3. The molecule has 2 aromatic rings. The van der Waals surface area contributed by atoms with Crippen LogP contribution in [0.15, 0.2) is 18.6 Å². The van der Waals surface area contributed by atoms with E-state index in [9.17, 15) is 4.79 Å². The molecule has 0 aromatic carbocycles. The van der Waals surface area contributed by atoms with E-state index < -0.39 is 0 Å². The maximum absolute atomic E-state index is 12.9. The lowest BCUT2D eigenvalue weighted by atomic mass is 10.1. The second-order valence-corrected chi connectivity index (χ2v) is 6.44. The maximum atomic E-state index is 12.9. The molecule has 140 valence electrons. The first-order valence-electron chi connectivity index (χ1n) is 8.51. The fraction of sp³-hybridized carbons (Fsp3) is 0.529. The predicted octanol–water partition coefficient (Wildman–Crippen LogP) is 0.968. The van der Waals surface area contributed by atoms with Crippen molar-refractivity contribution in [2.45, 2.75) is 18.9 Å². The smallest absolute Gasteiger partial charge is 0.261 e. The Bertz CT molecular complexity index is 776. The lowest BCUT2D eigenvalue weighted by Crippen LogP contribution is -2.44. The van der Waals surface area contributed by atoms with E-state index in [1.807, 2.05) is 19.0 Å². The lowest BCUT2D eigenvalue weighted by molar-refractivity contribution is 0.0525. The standard InChI is InChI=1S/C17H24N6O3/c1-21(2)14-16(19-8-7-18-14)26-12-6-5-9-23(10-12)17(24)13-11-22(3)20-15(13)25-4/h7-8,11-12H,5-6,9-10H2,1-4H3/t12-/m1/s1. The highest BCUT2D eigenvalue weighted by Gasteiger charge is 2.29. The van der Waals surface area contributed by atoms with Crippen molar-refractivity contribution in [2.24, 2.45) is 7.05 Å². The largest absolute Gasteiger partial charge is 0.479 e. The summed E-state index contributed by atoms with van der Waals surface area (Å²) in [5.41, 5.74) is 0.462. The first-order chi connectivity index (χ1) is 12.5. The molecule has 1 fully saturated rings. The number of hydrogen-bond acceptors (Lipinski definition) is 7. The molecule has 9 heteroatoms. The van der Waals surface area contributed by atoms with Gasteiger partial charge in [-0.1, -0.05) is 0 Å². The number of rotatable bonds is 5. The number of piperidine rings is 1. The number of aryl methyl sites for hydroxylation is 1. The van der Waals surface area contributed by atoms with Gasteiger partial charge >= 0.3 is 0 Å². The summed E-state index contributed by atoms with van der Waals surface area (Å²) in [5.74, 6) is 1.39. The molecule has 0 N–H and O–H groups in total. The van der Waals surface area contributed by atoms with Gasteiger partial charge in [-0.3, -0.25) is 9.48 Å². The Labute approximate surface area is 152 Å². The summed E-state index contributed by atoms with van der Waals surface area (Å²) in [6, 6.07) is 0. The Balaban J connectivity index is 1.72. The number of anilines is 1. The van der Waals surface area contributed by atoms with Gasteiger partial charge in [-0.15, -0.1) is 5.10 Å². The molecule has 9 nitrogen and oxygen atoms in total. The summed E-state index contributed by atoms with van der Waals surface area (Å²) in [7, 11) is 7.06. The Morgan fingerprint density at radius 3 is 2.77 bits per heavy atom. The Hall–Kier alpha value is -2.84. The topological polar surface area (TPSA) is 85.6 Å². The van der Waals surface area contributed by atoms with Crippen LogP contribution in [0, 0.1) is 0 Å². The molecule has 0 radical (unpaired) electrons. The number of amides is 1. The van der Waals surface area contributed by atoms with E-state index in [0.717, 1.165) is 12.8 Å². The number of ether oxygens (including phenoxy) is 2. The zero-order valence-electron chi connectivity index (χ0n) is 15.5. The third-order valence-corrected chi connectivity index (χ3v) is 4.23. The van der Waals surface area contributed by atoms with Gasteiger partial charge < -0.3 is 19.3 Å². The molecule has 1 aliphatic heterocycles. The number of methoxy groups -OCH3 is 1. The van der Waals surface area contributed by atoms with Crippen LogP contribution in [-0.2, 0) is 7.05 Å². The van der Waals surface area contributed by atoms with Gasteiger partial charge in [0.1, 0.15) is 11.7 Å². The average molecular weight is 360 g/mol. The fourth-order valence-corrected chi connectivity index (χ4v) is 3.02. The first-order valence-corrected chi connectivity index (χ1v) is 8.51.